The number of unbranched alkanes of at least 4 members (excludes halogenated alkanes) is 5. The molecule has 3 aromatic rings. The molecule has 4 rings (SSSR count). The van der Waals surface area contributed by atoms with Gasteiger partial charge in [0, 0.05) is 12.2 Å². The Labute approximate surface area is 208 Å². The van der Waals surface area contributed by atoms with Crippen LogP contribution in [0.15, 0.2) is 93.3 Å². The summed E-state index contributed by atoms with van der Waals surface area (Å²) in [5.74, 6) is 0. The molecule has 0 amide bonds. The molecule has 1 aliphatic rings. The second-order valence-electron chi connectivity index (χ2n) is 8.92. The smallest absolute Gasteiger partial charge is 0.119 e. The van der Waals surface area contributed by atoms with Gasteiger partial charge < -0.3 is 9.64 Å². The molecule has 0 bridgehead atoms. The van der Waals surface area contributed by atoms with Crippen LogP contribution in [0.25, 0.3) is 0 Å². The van der Waals surface area contributed by atoms with Crippen molar-refractivity contribution in [2.75, 3.05) is 24.8 Å². The first-order chi connectivity index (χ1) is 17.3. The van der Waals surface area contributed by atoms with E-state index in [4.69, 9.17) is 4.74 Å². The Bertz CT molecular complexity index is 1070. The van der Waals surface area contributed by atoms with Gasteiger partial charge in [-0.15, -0.1) is 0 Å². The van der Waals surface area contributed by atoms with Crippen LogP contribution in [0.5, 0.6) is 0 Å². The highest BCUT2D eigenvalue weighted by Gasteiger charge is 2.11. The Hall–Kier alpha value is -3.38. The van der Waals surface area contributed by atoms with Gasteiger partial charge in [-0.3, -0.25) is 0 Å². The van der Waals surface area contributed by atoms with E-state index in [2.05, 4.69) is 44.4 Å². The predicted molar refractivity (Wildman–Crippen MR) is 143 cm³/mol. The third-order valence-electron chi connectivity index (χ3n) is 6.13. The lowest BCUT2D eigenvalue weighted by atomic mass is 10.0. The first kappa shape index (κ1) is 24.7. The highest BCUT2D eigenvalue weighted by molar-refractivity contribution is 5.53. The summed E-state index contributed by atoms with van der Waals surface area (Å²) in [6.07, 6.45) is 9.08. The molecule has 1 heterocycles. The summed E-state index contributed by atoms with van der Waals surface area (Å²) in [5.41, 5.74) is 5.76. The Kier molecular flexibility index (Phi) is 9.54. The van der Waals surface area contributed by atoms with Crippen LogP contribution in [0.2, 0.25) is 0 Å². The van der Waals surface area contributed by atoms with Crippen LogP contribution >= 0.6 is 0 Å². The zero-order valence-corrected chi connectivity index (χ0v) is 20.6. The number of azo groups is 2. The van der Waals surface area contributed by atoms with Crippen molar-refractivity contribution in [2.45, 2.75) is 51.9 Å². The van der Waals surface area contributed by atoms with Crippen molar-refractivity contribution in [3.8, 4) is 0 Å². The van der Waals surface area contributed by atoms with E-state index in [1.165, 1.54) is 44.1 Å². The first-order valence-electron chi connectivity index (χ1n) is 12.8. The van der Waals surface area contributed by atoms with Gasteiger partial charge in [0.2, 0.25) is 0 Å². The van der Waals surface area contributed by atoms with Crippen molar-refractivity contribution in [3.63, 3.8) is 0 Å². The second-order valence-corrected chi connectivity index (χ2v) is 8.92. The molecular formula is C29H35N5O. The summed E-state index contributed by atoms with van der Waals surface area (Å²) in [5, 5.41) is 17.4. The quantitative estimate of drug-likeness (QED) is 0.196. The maximum atomic E-state index is 5.40. The molecule has 0 aliphatic carbocycles. The van der Waals surface area contributed by atoms with Gasteiger partial charge in [-0.05, 0) is 79.1 Å². The third-order valence-corrected chi connectivity index (χ3v) is 6.13. The molecule has 182 valence electrons. The number of ether oxygens (including phenoxy) is 1. The topological polar surface area (TPSA) is 61.9 Å². The highest BCUT2D eigenvalue weighted by atomic mass is 16.5. The molecule has 6 nitrogen and oxygen atoms in total. The summed E-state index contributed by atoms with van der Waals surface area (Å²) in [6, 6.07) is 24.1. The summed E-state index contributed by atoms with van der Waals surface area (Å²) in [4.78, 5) is 2.19. The van der Waals surface area contributed by atoms with Gasteiger partial charge in [-0.1, -0.05) is 51.2 Å². The average Bonchev–Trinajstić information content (AvgIpc) is 3.45. The number of rotatable bonds is 12. The molecular weight excluding hydrogens is 434 g/mol. The lowest BCUT2D eigenvalue weighted by Crippen LogP contribution is -2.17. The number of benzene rings is 3. The molecule has 6 heteroatoms. The van der Waals surface area contributed by atoms with Gasteiger partial charge in [-0.25, -0.2) is 0 Å². The van der Waals surface area contributed by atoms with Gasteiger partial charge in [0.15, 0.2) is 0 Å². The molecule has 0 radical (unpaired) electrons. The predicted octanol–water partition coefficient (Wildman–Crippen LogP) is 9.21. The van der Waals surface area contributed by atoms with Crippen LogP contribution in [-0.2, 0) is 11.2 Å². The second kappa shape index (κ2) is 13.5. The fourth-order valence-electron chi connectivity index (χ4n) is 4.00. The van der Waals surface area contributed by atoms with Crippen molar-refractivity contribution in [1.29, 1.82) is 0 Å². The summed E-state index contributed by atoms with van der Waals surface area (Å²) >= 11 is 0. The number of aryl methyl sites for hydroxylation is 1. The lowest BCUT2D eigenvalue weighted by molar-refractivity contribution is 0.201. The summed E-state index contributed by atoms with van der Waals surface area (Å²) in [6.45, 7) is 4.61. The molecule has 0 aromatic heterocycles. The fraction of sp³-hybridized carbons (Fsp3) is 0.379. The number of nitrogens with zero attached hydrogens (tertiary/aromatic N) is 5. The molecule has 0 saturated carbocycles. The van der Waals surface area contributed by atoms with Crippen molar-refractivity contribution < 1.29 is 4.74 Å². The zero-order valence-electron chi connectivity index (χ0n) is 20.6. The summed E-state index contributed by atoms with van der Waals surface area (Å²) in [7, 11) is 0. The van der Waals surface area contributed by atoms with E-state index < -0.39 is 0 Å². The normalized spacial score (nSPS) is 13.9. The highest BCUT2D eigenvalue weighted by Crippen LogP contribution is 2.25. The SMILES string of the molecule is CCCCCCCCc1ccc(N=Nc2ccc(N=Nc3ccc(N4CCOC4)cc3)cc2)cc1. The van der Waals surface area contributed by atoms with E-state index in [0.717, 1.165) is 48.0 Å². The molecule has 35 heavy (non-hydrogen) atoms. The van der Waals surface area contributed by atoms with Crippen LogP contribution in [0, 0.1) is 0 Å². The molecule has 3 aromatic carbocycles. The van der Waals surface area contributed by atoms with Crippen LogP contribution in [0.4, 0.5) is 28.4 Å². The van der Waals surface area contributed by atoms with E-state index in [-0.39, 0.29) is 0 Å². The van der Waals surface area contributed by atoms with Crippen molar-refractivity contribution in [2.24, 2.45) is 20.5 Å². The zero-order chi connectivity index (χ0) is 24.1. The third kappa shape index (κ3) is 8.11. The molecule has 1 saturated heterocycles. The number of anilines is 1. The van der Waals surface area contributed by atoms with Gasteiger partial charge >= 0.3 is 0 Å². The van der Waals surface area contributed by atoms with Gasteiger partial charge in [0.1, 0.15) is 6.73 Å². The Morgan fingerprint density at radius 1 is 0.629 bits per heavy atom. The van der Waals surface area contributed by atoms with Crippen LogP contribution in [0.3, 0.4) is 0 Å². The van der Waals surface area contributed by atoms with Crippen molar-refractivity contribution >= 4 is 28.4 Å². The first-order valence-corrected chi connectivity index (χ1v) is 12.8. The monoisotopic (exact) mass is 469 g/mol. The van der Waals surface area contributed by atoms with Gasteiger partial charge in [0.05, 0.1) is 29.4 Å². The van der Waals surface area contributed by atoms with Crippen LogP contribution in [-0.4, -0.2) is 19.9 Å². The van der Waals surface area contributed by atoms with Gasteiger partial charge in [-0.2, -0.15) is 20.5 Å². The standard InChI is InChI=1S/C29H35N5O/c1-2-3-4-5-6-7-8-24-9-11-25(12-10-24)30-31-26-13-15-27(16-14-26)32-33-28-17-19-29(20-18-28)34-21-22-35-23-34/h9-20H,2-8,21-23H2,1H3. The average molecular weight is 470 g/mol. The Balaban J connectivity index is 1.23. The Morgan fingerprint density at radius 2 is 1.11 bits per heavy atom. The van der Waals surface area contributed by atoms with E-state index >= 15 is 0 Å². The van der Waals surface area contributed by atoms with Crippen molar-refractivity contribution in [1.82, 2.24) is 0 Å². The molecule has 0 atom stereocenters. The maximum Gasteiger partial charge on any atom is 0.119 e. The van der Waals surface area contributed by atoms with Crippen LogP contribution < -0.4 is 4.90 Å². The minimum absolute atomic E-state index is 0.648. The largest absolute Gasteiger partial charge is 0.359 e. The molecule has 1 fully saturated rings. The van der Waals surface area contributed by atoms with E-state index in [9.17, 15) is 0 Å². The van der Waals surface area contributed by atoms with E-state index in [1.54, 1.807) is 0 Å². The molecule has 1 aliphatic heterocycles. The molecule has 0 unspecified atom stereocenters. The van der Waals surface area contributed by atoms with Gasteiger partial charge in [0.25, 0.3) is 0 Å². The van der Waals surface area contributed by atoms with Crippen LogP contribution in [0.1, 0.15) is 51.0 Å². The fourth-order valence-corrected chi connectivity index (χ4v) is 4.00. The summed E-state index contributed by atoms with van der Waals surface area (Å²) < 4.78 is 5.40. The van der Waals surface area contributed by atoms with Crippen molar-refractivity contribution in [3.05, 3.63) is 78.4 Å². The minimum atomic E-state index is 0.648. The van der Waals surface area contributed by atoms with E-state index in [0.29, 0.717) is 6.73 Å². The molecule has 0 spiro atoms. The number of hydrogen-bond acceptors (Lipinski definition) is 6. The minimum Gasteiger partial charge on any atom is -0.359 e. The lowest BCUT2D eigenvalue weighted by Gasteiger charge is -2.15. The number of hydrogen-bond donors (Lipinski definition) is 0. The molecule has 0 N–H and O–H groups in total. The van der Waals surface area contributed by atoms with E-state index in [1.807, 2.05) is 60.7 Å². The Morgan fingerprint density at radius 3 is 1.63 bits per heavy atom. The maximum absolute atomic E-state index is 5.40.